The fourth-order valence-electron chi connectivity index (χ4n) is 4.94. The number of phosphoric acid groups is 1. The Kier molecular flexibility index (Phi) is 35.1. The van der Waals surface area contributed by atoms with Gasteiger partial charge in [-0.15, -0.1) is 0 Å². The molecule has 0 amide bonds. The molecule has 0 aromatic rings. The summed E-state index contributed by atoms with van der Waals surface area (Å²) >= 11 is 0. The van der Waals surface area contributed by atoms with Crippen LogP contribution in [0.4, 0.5) is 0 Å². The predicted octanol–water partition coefficient (Wildman–Crippen LogP) is 4.76. The average Bonchev–Trinajstić information content (AvgIpc) is 3.02. The molecule has 0 spiro atoms. The maximum Gasteiger partial charge on any atom is 1.00 e. The first kappa shape index (κ1) is 48.6. The molecular weight excluding hydrogens is 636 g/mol. The molecule has 0 aliphatic carbocycles. The number of carboxylic acid groups (broad SMARTS) is 1. The second kappa shape index (κ2) is 34.0. The van der Waals surface area contributed by atoms with Gasteiger partial charge in [0, 0.05) is 12.8 Å². The van der Waals surface area contributed by atoms with Crippen LogP contribution in [0.2, 0.25) is 0 Å². The van der Waals surface area contributed by atoms with E-state index in [1.807, 2.05) is 0 Å². The van der Waals surface area contributed by atoms with E-state index in [4.69, 9.17) is 24.8 Å². The van der Waals surface area contributed by atoms with E-state index in [9.17, 15) is 23.8 Å². The Hall–Kier alpha value is -0.520. The number of phosphoric ester groups is 1. The summed E-state index contributed by atoms with van der Waals surface area (Å²) in [5.74, 6) is -2.43. The van der Waals surface area contributed by atoms with Gasteiger partial charge in [0.25, 0.3) is 7.82 Å². The fourth-order valence-corrected chi connectivity index (χ4v) is 5.71. The van der Waals surface area contributed by atoms with E-state index >= 15 is 0 Å². The topological polar surface area (TPSA) is 175 Å². The van der Waals surface area contributed by atoms with Gasteiger partial charge in [0.2, 0.25) is 0 Å². The molecule has 0 heterocycles. The first-order chi connectivity index (χ1) is 22.1. The molecule has 0 bridgehead atoms. The summed E-state index contributed by atoms with van der Waals surface area (Å²) in [6, 6.07) is -1.55. The van der Waals surface area contributed by atoms with Crippen molar-refractivity contribution in [1.29, 1.82) is 0 Å². The van der Waals surface area contributed by atoms with Crippen molar-refractivity contribution in [2.45, 2.75) is 180 Å². The number of carboxylic acids is 1. The minimum absolute atomic E-state index is 0. The van der Waals surface area contributed by atoms with Crippen LogP contribution in [0, 0.1) is 0 Å². The van der Waals surface area contributed by atoms with Crippen LogP contribution in [-0.2, 0) is 37.5 Å². The maximum atomic E-state index is 12.5. The first-order valence-corrected chi connectivity index (χ1v) is 19.5. The van der Waals surface area contributed by atoms with Gasteiger partial charge in [-0.25, -0.2) is 0 Å². The quantitative estimate of drug-likeness (QED) is 0.0410. The Labute approximate surface area is 307 Å². The minimum Gasteiger partial charge on any atom is -0.756 e. The number of carbonyl (C=O) groups excluding carboxylic acids is 2. The van der Waals surface area contributed by atoms with Crippen molar-refractivity contribution in [3.8, 4) is 0 Å². The number of nitrogens with two attached hydrogens (primary N) is 1. The molecule has 0 aromatic carbocycles. The first-order valence-electron chi connectivity index (χ1n) is 18.0. The summed E-state index contributed by atoms with van der Waals surface area (Å²) < 4.78 is 32.1. The number of hydrogen-bond donors (Lipinski definition) is 2. The van der Waals surface area contributed by atoms with E-state index in [-0.39, 0.29) is 49.0 Å². The van der Waals surface area contributed by atoms with Crippen molar-refractivity contribution in [1.82, 2.24) is 0 Å². The Morgan fingerprint density at radius 3 is 1.38 bits per heavy atom. The van der Waals surface area contributed by atoms with Crippen molar-refractivity contribution in [2.24, 2.45) is 5.73 Å². The summed E-state index contributed by atoms with van der Waals surface area (Å²) in [6.07, 6.45) is 24.4. The standard InChI is InChI=1S/C34H66NO10P.Na/c1-3-5-7-9-11-13-15-17-19-21-23-25-32(36)42-27-30(28-43-46(40,41)44-29-31(35)34(38)39)45-33(37)26-24-22-20-18-16-14-12-10-8-6-4-2;/h30-31H,3-29,35H2,1-2H3,(H,38,39)(H,40,41);/q;+1/p-1/t30?,31-;/m1./s1. The second-order valence-corrected chi connectivity index (χ2v) is 13.8. The smallest absolute Gasteiger partial charge is 0.756 e. The molecule has 13 heteroatoms. The van der Waals surface area contributed by atoms with Crippen LogP contribution < -0.4 is 40.2 Å². The van der Waals surface area contributed by atoms with Gasteiger partial charge in [0.1, 0.15) is 12.6 Å². The number of carbonyl (C=O) groups is 3. The average molecular weight is 702 g/mol. The Morgan fingerprint density at radius 1 is 0.617 bits per heavy atom. The van der Waals surface area contributed by atoms with Crippen LogP contribution in [0.3, 0.4) is 0 Å². The van der Waals surface area contributed by atoms with E-state index in [2.05, 4.69) is 18.4 Å². The summed E-state index contributed by atoms with van der Waals surface area (Å²) in [4.78, 5) is 47.7. The normalized spacial score (nSPS) is 13.7. The molecule has 0 fully saturated rings. The second-order valence-electron chi connectivity index (χ2n) is 12.3. The van der Waals surface area contributed by atoms with Gasteiger partial charge in [0.15, 0.2) is 6.10 Å². The largest absolute Gasteiger partial charge is 1.00 e. The van der Waals surface area contributed by atoms with E-state index in [0.717, 1.165) is 38.5 Å². The third kappa shape index (κ3) is 33.7. The molecule has 47 heavy (non-hydrogen) atoms. The van der Waals surface area contributed by atoms with Crippen molar-refractivity contribution < 1.29 is 77.0 Å². The summed E-state index contributed by atoms with van der Waals surface area (Å²) in [7, 11) is -4.95. The van der Waals surface area contributed by atoms with Crippen LogP contribution in [-0.4, -0.2) is 55.0 Å². The summed E-state index contributed by atoms with van der Waals surface area (Å²) in [6.45, 7) is 2.61. The maximum absolute atomic E-state index is 12.5. The number of rotatable bonds is 34. The van der Waals surface area contributed by atoms with Crippen LogP contribution in [0.5, 0.6) is 0 Å². The number of unbranched alkanes of at least 4 members (excludes halogenated alkanes) is 20. The predicted molar refractivity (Wildman–Crippen MR) is 178 cm³/mol. The molecule has 0 aliphatic heterocycles. The van der Waals surface area contributed by atoms with Crippen molar-refractivity contribution in [2.75, 3.05) is 19.8 Å². The van der Waals surface area contributed by atoms with Crippen LogP contribution in [0.25, 0.3) is 0 Å². The zero-order valence-corrected chi connectivity index (χ0v) is 32.8. The van der Waals surface area contributed by atoms with E-state index in [0.29, 0.717) is 12.8 Å². The van der Waals surface area contributed by atoms with Crippen molar-refractivity contribution in [3.63, 3.8) is 0 Å². The minimum atomic E-state index is -4.95. The van der Waals surface area contributed by atoms with E-state index < -0.39 is 51.1 Å². The number of ether oxygens (including phenoxy) is 2. The molecule has 272 valence electrons. The van der Waals surface area contributed by atoms with E-state index in [1.165, 1.54) is 89.9 Å². The Balaban J connectivity index is 0. The van der Waals surface area contributed by atoms with Crippen LogP contribution in [0.1, 0.15) is 168 Å². The molecule has 0 aliphatic rings. The molecule has 11 nitrogen and oxygen atoms in total. The molecule has 0 radical (unpaired) electrons. The van der Waals surface area contributed by atoms with Crippen molar-refractivity contribution in [3.05, 3.63) is 0 Å². The Bertz CT molecular complexity index is 820. The SMILES string of the molecule is CCCCCCCCCCCCCC(=O)OCC(COP(=O)([O-])OC[C@@H](N)C(=O)O)OC(=O)CCCCCCCCCCCCC.[Na+]. The van der Waals surface area contributed by atoms with Gasteiger partial charge in [-0.05, 0) is 12.8 Å². The fraction of sp³-hybridized carbons (Fsp3) is 0.912. The van der Waals surface area contributed by atoms with Gasteiger partial charge < -0.3 is 34.3 Å². The summed E-state index contributed by atoms with van der Waals surface area (Å²) in [5.41, 5.74) is 5.27. The zero-order chi connectivity index (χ0) is 34.3. The molecule has 3 N–H and O–H groups in total. The summed E-state index contributed by atoms with van der Waals surface area (Å²) in [5, 5.41) is 8.81. The third-order valence-electron chi connectivity index (χ3n) is 7.85. The molecule has 0 saturated heterocycles. The van der Waals surface area contributed by atoms with Crippen LogP contribution >= 0.6 is 7.82 Å². The molecule has 3 atom stereocenters. The van der Waals surface area contributed by atoms with Gasteiger partial charge >= 0.3 is 47.5 Å². The number of esters is 2. The number of aliphatic carboxylic acids is 1. The molecule has 2 unspecified atom stereocenters. The molecular formula is C34H65NNaO10P. The van der Waals surface area contributed by atoms with Gasteiger partial charge in [-0.3, -0.25) is 18.9 Å². The molecule has 0 saturated carbocycles. The number of hydrogen-bond acceptors (Lipinski definition) is 10. The zero-order valence-electron chi connectivity index (χ0n) is 29.9. The van der Waals surface area contributed by atoms with E-state index in [1.54, 1.807) is 0 Å². The van der Waals surface area contributed by atoms with Crippen LogP contribution in [0.15, 0.2) is 0 Å². The molecule has 0 rings (SSSR count). The van der Waals surface area contributed by atoms with Crippen molar-refractivity contribution >= 4 is 25.7 Å². The Morgan fingerprint density at radius 2 is 0.979 bits per heavy atom. The molecule has 0 aromatic heterocycles. The van der Waals surface area contributed by atoms with Gasteiger partial charge in [-0.2, -0.15) is 0 Å². The van der Waals surface area contributed by atoms with Gasteiger partial charge in [0.05, 0.1) is 13.2 Å². The van der Waals surface area contributed by atoms with Gasteiger partial charge in [-0.1, -0.05) is 142 Å². The monoisotopic (exact) mass is 701 g/mol. The third-order valence-corrected chi connectivity index (χ3v) is 8.78.